The van der Waals surface area contributed by atoms with Crippen LogP contribution in [0.5, 0.6) is 5.75 Å². The molecule has 0 unspecified atom stereocenters. The molecule has 0 N–H and O–H groups in total. The number of aromatic nitrogens is 1. The van der Waals surface area contributed by atoms with Gasteiger partial charge in [-0.3, -0.25) is 14.6 Å². The van der Waals surface area contributed by atoms with Crippen molar-refractivity contribution >= 4 is 11.8 Å². The summed E-state index contributed by atoms with van der Waals surface area (Å²) in [6.07, 6.45) is 5.05. The molecule has 0 aliphatic carbocycles. The van der Waals surface area contributed by atoms with Crippen molar-refractivity contribution in [3.63, 3.8) is 0 Å². The molecule has 0 atom stereocenters. The Kier molecular flexibility index (Phi) is 7.00. The molecule has 1 aromatic heterocycles. The van der Waals surface area contributed by atoms with Crippen molar-refractivity contribution in [2.75, 3.05) is 26.2 Å². The fraction of sp³-hybridized carbons (Fsp3) is 0.409. The van der Waals surface area contributed by atoms with Gasteiger partial charge in [0.05, 0.1) is 12.2 Å². The maximum Gasteiger partial charge on any atom is 0.260 e. The number of amides is 2. The van der Waals surface area contributed by atoms with Crippen molar-refractivity contribution < 1.29 is 14.3 Å². The van der Waals surface area contributed by atoms with Gasteiger partial charge in [-0.25, -0.2) is 0 Å². The van der Waals surface area contributed by atoms with Gasteiger partial charge in [0.15, 0.2) is 6.61 Å². The SMILES string of the molecule is CCN(Cc1ccccn1)C(=O)c1ccc(OCC(=O)N2CCCCC2)cc1. The molecule has 2 heterocycles. The zero-order valence-corrected chi connectivity index (χ0v) is 16.3. The lowest BCUT2D eigenvalue weighted by Crippen LogP contribution is -2.38. The zero-order valence-electron chi connectivity index (χ0n) is 16.3. The molecule has 1 aliphatic heterocycles. The van der Waals surface area contributed by atoms with Crippen molar-refractivity contribution in [3.05, 3.63) is 59.9 Å². The van der Waals surface area contributed by atoms with E-state index in [-0.39, 0.29) is 18.4 Å². The molecular formula is C22H27N3O3. The minimum Gasteiger partial charge on any atom is -0.484 e. The number of pyridine rings is 1. The second-order valence-electron chi connectivity index (χ2n) is 6.89. The van der Waals surface area contributed by atoms with Crippen molar-refractivity contribution in [2.24, 2.45) is 0 Å². The first kappa shape index (κ1) is 19.9. The average Bonchev–Trinajstić information content (AvgIpc) is 2.77. The first-order valence-electron chi connectivity index (χ1n) is 9.87. The predicted molar refractivity (Wildman–Crippen MR) is 107 cm³/mol. The summed E-state index contributed by atoms with van der Waals surface area (Å²) >= 11 is 0. The van der Waals surface area contributed by atoms with E-state index < -0.39 is 0 Å². The number of rotatable bonds is 7. The number of benzene rings is 1. The van der Waals surface area contributed by atoms with Crippen molar-refractivity contribution in [2.45, 2.75) is 32.7 Å². The summed E-state index contributed by atoms with van der Waals surface area (Å²) < 4.78 is 5.61. The van der Waals surface area contributed by atoms with Gasteiger partial charge in [-0.15, -0.1) is 0 Å². The molecule has 1 aliphatic rings. The molecule has 28 heavy (non-hydrogen) atoms. The van der Waals surface area contributed by atoms with E-state index in [1.54, 1.807) is 35.4 Å². The van der Waals surface area contributed by atoms with E-state index in [1.807, 2.05) is 30.0 Å². The molecule has 1 aromatic carbocycles. The van der Waals surface area contributed by atoms with Crippen LogP contribution < -0.4 is 4.74 Å². The summed E-state index contributed by atoms with van der Waals surface area (Å²) in [6, 6.07) is 12.6. The highest BCUT2D eigenvalue weighted by atomic mass is 16.5. The van der Waals surface area contributed by atoms with E-state index in [0.717, 1.165) is 31.6 Å². The number of carbonyl (C=O) groups is 2. The van der Waals surface area contributed by atoms with Crippen LogP contribution in [0.15, 0.2) is 48.7 Å². The lowest BCUT2D eigenvalue weighted by atomic mass is 10.1. The van der Waals surface area contributed by atoms with Gasteiger partial charge in [0.1, 0.15) is 5.75 Å². The van der Waals surface area contributed by atoms with E-state index in [1.165, 1.54) is 6.42 Å². The molecule has 0 radical (unpaired) electrons. The van der Waals surface area contributed by atoms with Gasteiger partial charge < -0.3 is 14.5 Å². The summed E-state index contributed by atoms with van der Waals surface area (Å²) in [5.41, 5.74) is 1.45. The minimum absolute atomic E-state index is 0.0207. The molecule has 2 amide bonds. The Labute approximate surface area is 166 Å². The van der Waals surface area contributed by atoms with Gasteiger partial charge >= 0.3 is 0 Å². The van der Waals surface area contributed by atoms with E-state index in [4.69, 9.17) is 4.74 Å². The molecule has 0 spiro atoms. The summed E-state index contributed by atoms with van der Waals surface area (Å²) in [5, 5.41) is 0. The highest BCUT2D eigenvalue weighted by Gasteiger charge is 2.18. The Bertz CT molecular complexity index is 771. The molecular weight excluding hydrogens is 354 g/mol. The average molecular weight is 381 g/mol. The third kappa shape index (κ3) is 5.31. The third-order valence-electron chi connectivity index (χ3n) is 4.92. The Balaban J connectivity index is 1.55. The standard InChI is InChI=1S/C22H27N3O3/c1-2-24(16-19-8-4-5-13-23-19)22(27)18-9-11-20(12-10-18)28-17-21(26)25-14-6-3-7-15-25/h4-5,8-13H,2-3,6-7,14-17H2,1H3. The van der Waals surface area contributed by atoms with Crippen LogP contribution in [-0.4, -0.2) is 52.8 Å². The van der Waals surface area contributed by atoms with E-state index in [9.17, 15) is 9.59 Å². The second-order valence-corrected chi connectivity index (χ2v) is 6.89. The highest BCUT2D eigenvalue weighted by molar-refractivity contribution is 5.94. The number of carbonyl (C=O) groups excluding carboxylic acids is 2. The Morgan fingerprint density at radius 2 is 1.82 bits per heavy atom. The normalized spacial score (nSPS) is 13.8. The fourth-order valence-electron chi connectivity index (χ4n) is 3.27. The Hall–Kier alpha value is -2.89. The lowest BCUT2D eigenvalue weighted by molar-refractivity contribution is -0.134. The van der Waals surface area contributed by atoms with Gasteiger partial charge in [-0.1, -0.05) is 6.07 Å². The fourth-order valence-corrected chi connectivity index (χ4v) is 3.27. The monoisotopic (exact) mass is 381 g/mol. The van der Waals surface area contributed by atoms with Gasteiger partial charge in [0.25, 0.3) is 11.8 Å². The molecule has 0 bridgehead atoms. The molecule has 148 valence electrons. The molecule has 1 saturated heterocycles. The van der Waals surface area contributed by atoms with Crippen LogP contribution in [0.3, 0.4) is 0 Å². The first-order chi connectivity index (χ1) is 13.7. The quantitative estimate of drug-likeness (QED) is 0.739. The van der Waals surface area contributed by atoms with Crippen LogP contribution in [0.25, 0.3) is 0 Å². The number of piperidine rings is 1. The maximum absolute atomic E-state index is 12.8. The van der Waals surface area contributed by atoms with E-state index in [2.05, 4.69) is 4.98 Å². The molecule has 3 rings (SSSR count). The lowest BCUT2D eigenvalue weighted by Gasteiger charge is -2.26. The Morgan fingerprint density at radius 1 is 1.07 bits per heavy atom. The van der Waals surface area contributed by atoms with Crippen LogP contribution >= 0.6 is 0 Å². The summed E-state index contributed by atoms with van der Waals surface area (Å²) in [7, 11) is 0. The maximum atomic E-state index is 12.8. The Morgan fingerprint density at radius 3 is 2.46 bits per heavy atom. The topological polar surface area (TPSA) is 62.7 Å². The molecule has 2 aromatic rings. The van der Waals surface area contributed by atoms with Gasteiger partial charge in [0.2, 0.25) is 0 Å². The highest BCUT2D eigenvalue weighted by Crippen LogP contribution is 2.16. The molecule has 0 saturated carbocycles. The summed E-state index contributed by atoms with van der Waals surface area (Å²) in [4.78, 5) is 32.8. The van der Waals surface area contributed by atoms with Gasteiger partial charge in [0, 0.05) is 31.4 Å². The van der Waals surface area contributed by atoms with Crippen molar-refractivity contribution in [1.82, 2.24) is 14.8 Å². The first-order valence-corrected chi connectivity index (χ1v) is 9.87. The van der Waals surface area contributed by atoms with E-state index >= 15 is 0 Å². The number of likely N-dealkylation sites (tertiary alicyclic amines) is 1. The molecule has 1 fully saturated rings. The minimum atomic E-state index is -0.0518. The van der Waals surface area contributed by atoms with Crippen LogP contribution in [-0.2, 0) is 11.3 Å². The van der Waals surface area contributed by atoms with Crippen molar-refractivity contribution in [1.29, 1.82) is 0 Å². The molecule has 6 nitrogen and oxygen atoms in total. The molecule has 6 heteroatoms. The van der Waals surface area contributed by atoms with E-state index in [0.29, 0.717) is 24.4 Å². The second kappa shape index (κ2) is 9.88. The van der Waals surface area contributed by atoms with Crippen LogP contribution in [0.2, 0.25) is 0 Å². The number of ether oxygens (including phenoxy) is 1. The van der Waals surface area contributed by atoms with Gasteiger partial charge in [-0.2, -0.15) is 0 Å². The van der Waals surface area contributed by atoms with Crippen LogP contribution in [0.1, 0.15) is 42.2 Å². The number of nitrogens with zero attached hydrogens (tertiary/aromatic N) is 3. The summed E-state index contributed by atoms with van der Waals surface area (Å²) in [5.74, 6) is 0.561. The zero-order chi connectivity index (χ0) is 19.8. The summed E-state index contributed by atoms with van der Waals surface area (Å²) in [6.45, 7) is 4.69. The number of hydrogen-bond donors (Lipinski definition) is 0. The van der Waals surface area contributed by atoms with Crippen LogP contribution in [0.4, 0.5) is 0 Å². The van der Waals surface area contributed by atoms with Gasteiger partial charge in [-0.05, 0) is 62.6 Å². The smallest absolute Gasteiger partial charge is 0.260 e. The van der Waals surface area contributed by atoms with Crippen LogP contribution in [0, 0.1) is 0 Å². The largest absolute Gasteiger partial charge is 0.484 e. The van der Waals surface area contributed by atoms with Crippen molar-refractivity contribution in [3.8, 4) is 5.75 Å². The predicted octanol–water partition coefficient (Wildman–Crippen LogP) is 3.14. The number of hydrogen-bond acceptors (Lipinski definition) is 4. The third-order valence-corrected chi connectivity index (χ3v) is 4.92.